The van der Waals surface area contributed by atoms with Crippen LogP contribution in [0, 0.1) is 68.0 Å². The van der Waals surface area contributed by atoms with E-state index in [0.717, 1.165) is 44.1 Å². The van der Waals surface area contributed by atoms with Crippen LogP contribution in [0.1, 0.15) is 98.0 Å². The summed E-state index contributed by atoms with van der Waals surface area (Å²) in [6.07, 6.45) is 8.94. The van der Waals surface area contributed by atoms with E-state index in [2.05, 4.69) is 46.0 Å². The van der Waals surface area contributed by atoms with Gasteiger partial charge in [0.05, 0.1) is 5.57 Å². The molecule has 0 unspecified atom stereocenters. The van der Waals surface area contributed by atoms with Crippen LogP contribution < -0.4 is 5.32 Å². The number of hydrogen-bond donors (Lipinski definition) is 1. The second kappa shape index (κ2) is 8.39. The predicted molar refractivity (Wildman–Crippen MR) is 148 cm³/mol. The Kier molecular flexibility index (Phi) is 5.22. The zero-order valence-electron chi connectivity index (χ0n) is 27.2. The third kappa shape index (κ3) is 3.31. The first-order chi connectivity index (χ1) is 18.8. The van der Waals surface area contributed by atoms with Gasteiger partial charge in [-0.2, -0.15) is 5.26 Å². The number of Topliss-reactive ketones (excluding diaryl/α,β-unsaturated/α-hetero) is 1. The molecule has 3 saturated carbocycles. The largest absolute Gasteiger partial charge is 0.356 e. The van der Waals surface area contributed by atoms with Crippen LogP contribution in [0.3, 0.4) is 0 Å². The Morgan fingerprint density at radius 2 is 1.82 bits per heavy atom. The lowest BCUT2D eigenvalue weighted by Gasteiger charge is -2.69. The van der Waals surface area contributed by atoms with Crippen LogP contribution in [0.4, 0.5) is 0 Å². The number of carbonyl (C=O) groups is 3. The van der Waals surface area contributed by atoms with E-state index in [-0.39, 0.29) is 63.6 Å². The van der Waals surface area contributed by atoms with Crippen molar-refractivity contribution >= 4 is 17.5 Å². The van der Waals surface area contributed by atoms with Crippen molar-refractivity contribution in [1.82, 2.24) is 5.32 Å². The molecule has 0 aromatic heterocycles. The highest BCUT2D eigenvalue weighted by Crippen LogP contribution is 2.74. The minimum Gasteiger partial charge on any atom is -0.356 e. The van der Waals surface area contributed by atoms with Crippen LogP contribution in [-0.4, -0.2) is 24.0 Å². The van der Waals surface area contributed by atoms with Gasteiger partial charge in [0.15, 0.2) is 11.6 Å². The molecule has 3 fully saturated rings. The van der Waals surface area contributed by atoms with E-state index in [0.29, 0.717) is 5.92 Å². The number of amides is 1. The monoisotopic (exact) mass is 521 g/mol. The molecule has 0 radical (unpaired) electrons. The van der Waals surface area contributed by atoms with E-state index in [1.54, 1.807) is 0 Å². The molecular formula is C33H46N2O3. The van der Waals surface area contributed by atoms with Gasteiger partial charge < -0.3 is 5.32 Å². The number of hydrogen-bond acceptors (Lipinski definition) is 4. The van der Waals surface area contributed by atoms with Crippen LogP contribution >= 0.6 is 0 Å². The third-order valence-electron chi connectivity index (χ3n) is 13.0. The summed E-state index contributed by atoms with van der Waals surface area (Å²) in [7, 11) is 0. The number of nitrogens with one attached hydrogen (secondary N) is 1. The van der Waals surface area contributed by atoms with Crippen molar-refractivity contribution in [3.05, 3.63) is 23.3 Å². The van der Waals surface area contributed by atoms with Crippen molar-refractivity contribution in [2.75, 3.05) is 6.54 Å². The summed E-state index contributed by atoms with van der Waals surface area (Å²) < 4.78 is 22.7. The molecule has 9 atom stereocenters. The molecular weight excluding hydrogens is 472 g/mol. The maximum Gasteiger partial charge on any atom is 0.216 e. The first-order valence-electron chi connectivity index (χ1n) is 16.0. The Hall–Kier alpha value is -2.22. The van der Waals surface area contributed by atoms with Gasteiger partial charge in [0, 0.05) is 34.3 Å². The van der Waals surface area contributed by atoms with Crippen LogP contribution in [-0.2, 0) is 14.4 Å². The molecule has 206 valence electrons. The predicted octanol–water partition coefficient (Wildman–Crippen LogP) is 6.20. The van der Waals surface area contributed by atoms with Crippen molar-refractivity contribution in [2.45, 2.75) is 93.8 Å². The van der Waals surface area contributed by atoms with E-state index in [9.17, 15) is 19.6 Å². The first kappa shape index (κ1) is 23.6. The van der Waals surface area contributed by atoms with Crippen molar-refractivity contribution < 1.29 is 18.5 Å². The molecule has 1 amide bonds. The first-order valence-corrected chi connectivity index (χ1v) is 14.5. The summed E-state index contributed by atoms with van der Waals surface area (Å²) >= 11 is 0. The Bertz CT molecular complexity index is 1310. The van der Waals surface area contributed by atoms with Gasteiger partial charge in [-0.15, -0.1) is 0 Å². The van der Waals surface area contributed by atoms with Crippen molar-refractivity contribution in [3.63, 3.8) is 0 Å². The second-order valence-electron chi connectivity index (χ2n) is 14.7. The molecule has 5 aliphatic carbocycles. The average Bonchev–Trinajstić information content (AvgIpc) is 2.88. The molecule has 0 bridgehead atoms. The lowest BCUT2D eigenvalue weighted by molar-refractivity contribution is -0.176. The topological polar surface area (TPSA) is 87.0 Å². The fourth-order valence-corrected chi connectivity index (χ4v) is 10.6. The lowest BCUT2D eigenvalue weighted by Crippen LogP contribution is -2.66. The summed E-state index contributed by atoms with van der Waals surface area (Å²) in [4.78, 5) is 40.3. The van der Waals surface area contributed by atoms with Gasteiger partial charge in [-0.1, -0.05) is 60.1 Å². The van der Waals surface area contributed by atoms with Gasteiger partial charge in [-0.25, -0.2) is 0 Å². The average molecular weight is 522 g/mol. The quantitative estimate of drug-likeness (QED) is 0.469. The Balaban J connectivity index is 1.63. The molecule has 5 heteroatoms. The zero-order valence-corrected chi connectivity index (χ0v) is 24.2. The summed E-state index contributed by atoms with van der Waals surface area (Å²) in [6.45, 7) is 12.7. The fraction of sp³-hybridized carbons (Fsp3) is 0.758. The minimum atomic E-state index is -2.70. The molecule has 0 heterocycles. The number of rotatable bonds is 2. The zero-order chi connectivity index (χ0) is 30.6. The number of fused-ring (bicyclic) bond motifs is 7. The van der Waals surface area contributed by atoms with E-state index in [1.807, 2.05) is 26.0 Å². The maximum atomic E-state index is 14.6. The SMILES string of the molecule is [2H]C([2H])([2H])C(=O)NC[C@]12CC[C@@H](C)[C@H](C)[C@H]1[C@H]1C(=O)C=C3[C@@]4(C)C=C(C#N)C(=O)C(C)(C)[C@@H]4CC[C@@]3(C)[C@]1(C)CC2. The molecule has 5 aliphatic rings. The van der Waals surface area contributed by atoms with Crippen molar-refractivity contribution in [1.29, 1.82) is 5.26 Å². The lowest BCUT2D eigenvalue weighted by atomic mass is 9.34. The summed E-state index contributed by atoms with van der Waals surface area (Å²) in [5.74, 6) is -0.490. The highest BCUT2D eigenvalue weighted by Gasteiger charge is 2.70. The molecule has 0 saturated heterocycles. The van der Waals surface area contributed by atoms with Crippen LogP contribution in [0.2, 0.25) is 0 Å². The fourth-order valence-electron chi connectivity index (χ4n) is 10.6. The molecule has 0 spiro atoms. The molecule has 5 nitrogen and oxygen atoms in total. The van der Waals surface area contributed by atoms with E-state index >= 15 is 0 Å². The van der Waals surface area contributed by atoms with Crippen molar-refractivity contribution in [3.8, 4) is 6.07 Å². The van der Waals surface area contributed by atoms with Crippen LogP contribution in [0.25, 0.3) is 0 Å². The number of nitriles is 1. The number of allylic oxidation sites excluding steroid dienone is 4. The highest BCUT2D eigenvalue weighted by molar-refractivity contribution is 6.04. The van der Waals surface area contributed by atoms with Crippen LogP contribution in [0.5, 0.6) is 0 Å². The smallest absolute Gasteiger partial charge is 0.216 e. The number of carbonyl (C=O) groups excluding carboxylic acids is 3. The Labute approximate surface area is 233 Å². The van der Waals surface area contributed by atoms with E-state index in [1.165, 1.54) is 0 Å². The Morgan fingerprint density at radius 1 is 1.11 bits per heavy atom. The molecule has 1 N–H and O–H groups in total. The molecule has 0 aromatic carbocycles. The van der Waals surface area contributed by atoms with Gasteiger partial charge in [-0.3, -0.25) is 14.4 Å². The second-order valence-corrected chi connectivity index (χ2v) is 14.7. The summed E-state index contributed by atoms with van der Waals surface area (Å²) in [5, 5.41) is 12.7. The van der Waals surface area contributed by atoms with Gasteiger partial charge in [-0.05, 0) is 84.5 Å². The van der Waals surface area contributed by atoms with E-state index in [4.69, 9.17) is 4.11 Å². The normalized spacial score (nSPS) is 48.8. The molecule has 5 rings (SSSR count). The van der Waals surface area contributed by atoms with Gasteiger partial charge >= 0.3 is 0 Å². The molecule has 38 heavy (non-hydrogen) atoms. The van der Waals surface area contributed by atoms with Crippen LogP contribution in [0.15, 0.2) is 23.3 Å². The van der Waals surface area contributed by atoms with Gasteiger partial charge in [0.2, 0.25) is 5.91 Å². The number of ketones is 2. The third-order valence-corrected chi connectivity index (χ3v) is 13.0. The van der Waals surface area contributed by atoms with Gasteiger partial charge in [0.25, 0.3) is 0 Å². The van der Waals surface area contributed by atoms with Crippen molar-refractivity contribution in [2.24, 2.45) is 56.7 Å². The minimum absolute atomic E-state index is 0.00159. The highest BCUT2D eigenvalue weighted by atomic mass is 16.1. The summed E-state index contributed by atoms with van der Waals surface area (Å²) in [5.41, 5.74) is -0.997. The number of nitrogens with zero attached hydrogens (tertiary/aromatic N) is 1. The summed E-state index contributed by atoms with van der Waals surface area (Å²) in [6, 6.07) is 2.16. The molecule has 0 aliphatic heterocycles. The van der Waals surface area contributed by atoms with E-state index < -0.39 is 23.6 Å². The standard InChI is InChI=1S/C33H46N2O3/c1-19-9-12-33(18-35-21(3)36)14-13-32(8)27(26(33)20(19)2)23(37)15-25-30(6)16-22(17-34)28(38)29(4,5)24(30)10-11-31(25,32)7/h15-16,19-20,24,26-27H,9-14,18H2,1-8H3,(H,35,36)/t19-,20+,24+,26+,27-,30+,31-,32-,33-/m1/s1/i3D3. The maximum absolute atomic E-state index is 14.6. The molecule has 0 aromatic rings. The Morgan fingerprint density at radius 3 is 2.47 bits per heavy atom. The van der Waals surface area contributed by atoms with Gasteiger partial charge in [0.1, 0.15) is 6.07 Å².